The van der Waals surface area contributed by atoms with Crippen LogP contribution in [0.2, 0.25) is 0 Å². The first-order valence-corrected chi connectivity index (χ1v) is 5.88. The number of aliphatic hydroxyl groups excluding tert-OH is 1. The molecule has 1 aliphatic rings. The molecule has 1 aromatic rings. The van der Waals surface area contributed by atoms with E-state index in [1.165, 1.54) is 6.42 Å². The Morgan fingerprint density at radius 3 is 2.56 bits per heavy atom. The van der Waals surface area contributed by atoms with Crippen LogP contribution in [0.5, 0.6) is 5.75 Å². The Hall–Kier alpha value is -1.06. The van der Waals surface area contributed by atoms with Gasteiger partial charge in [0.05, 0.1) is 0 Å². The van der Waals surface area contributed by atoms with Crippen molar-refractivity contribution in [2.45, 2.75) is 37.8 Å². The van der Waals surface area contributed by atoms with Crippen LogP contribution in [-0.2, 0) is 6.54 Å². The van der Waals surface area contributed by atoms with Crippen molar-refractivity contribution in [1.29, 1.82) is 0 Å². The maximum absolute atomic E-state index is 9.64. The molecule has 0 atom stereocenters. The fraction of sp³-hybridized carbons (Fsp3) is 0.538. The van der Waals surface area contributed by atoms with Gasteiger partial charge < -0.3 is 15.5 Å². The molecule has 0 spiro atoms. The van der Waals surface area contributed by atoms with Gasteiger partial charge in [-0.05, 0) is 31.7 Å². The topological polar surface area (TPSA) is 52.5 Å². The van der Waals surface area contributed by atoms with Crippen molar-refractivity contribution in [3.05, 3.63) is 29.8 Å². The zero-order valence-electron chi connectivity index (χ0n) is 9.45. The lowest BCUT2D eigenvalue weighted by Gasteiger charge is -2.42. The van der Waals surface area contributed by atoms with Gasteiger partial charge >= 0.3 is 0 Å². The first-order chi connectivity index (χ1) is 7.76. The predicted octanol–water partition coefficient (Wildman–Crippen LogP) is 1.79. The third-order valence-corrected chi connectivity index (χ3v) is 3.55. The number of aliphatic hydroxyl groups is 1. The maximum Gasteiger partial charge on any atom is 0.120 e. The fourth-order valence-corrected chi connectivity index (χ4v) is 2.28. The van der Waals surface area contributed by atoms with Gasteiger partial charge in [-0.3, -0.25) is 0 Å². The summed E-state index contributed by atoms with van der Waals surface area (Å²) in [7, 11) is 0. The Kier molecular flexibility index (Phi) is 3.46. The van der Waals surface area contributed by atoms with Crippen LogP contribution in [-0.4, -0.2) is 22.4 Å². The van der Waals surface area contributed by atoms with Gasteiger partial charge in [-0.2, -0.15) is 0 Å². The highest BCUT2D eigenvalue weighted by molar-refractivity contribution is 5.31. The van der Waals surface area contributed by atoms with Crippen LogP contribution in [0, 0.1) is 0 Å². The van der Waals surface area contributed by atoms with Crippen LogP contribution in [0.4, 0.5) is 0 Å². The minimum atomic E-state index is 0.108. The number of phenolic OH excluding ortho intramolecular Hbond substituents is 1. The Morgan fingerprint density at radius 1 is 1.25 bits per heavy atom. The van der Waals surface area contributed by atoms with E-state index in [9.17, 15) is 5.11 Å². The van der Waals surface area contributed by atoms with Crippen molar-refractivity contribution in [2.24, 2.45) is 0 Å². The van der Waals surface area contributed by atoms with E-state index in [1.807, 2.05) is 18.2 Å². The van der Waals surface area contributed by atoms with E-state index in [1.54, 1.807) is 6.07 Å². The second-order valence-electron chi connectivity index (χ2n) is 4.59. The summed E-state index contributed by atoms with van der Waals surface area (Å²) in [6.07, 6.45) is 4.29. The van der Waals surface area contributed by atoms with Gasteiger partial charge in [0.2, 0.25) is 0 Å². The van der Waals surface area contributed by atoms with E-state index >= 15 is 0 Å². The first kappa shape index (κ1) is 11.4. The largest absolute Gasteiger partial charge is 0.508 e. The molecule has 1 saturated carbocycles. The molecule has 3 nitrogen and oxygen atoms in total. The Labute approximate surface area is 96.1 Å². The molecule has 2 rings (SSSR count). The molecule has 0 bridgehead atoms. The molecule has 1 aliphatic carbocycles. The molecule has 0 saturated heterocycles. The molecule has 0 aromatic heterocycles. The van der Waals surface area contributed by atoms with Crippen molar-refractivity contribution >= 4 is 0 Å². The van der Waals surface area contributed by atoms with Crippen molar-refractivity contribution in [2.75, 3.05) is 6.61 Å². The maximum atomic E-state index is 9.64. The highest BCUT2D eigenvalue weighted by Gasteiger charge is 2.35. The Bertz CT molecular complexity index is 348. The summed E-state index contributed by atoms with van der Waals surface area (Å²) >= 11 is 0. The number of hydrogen-bond acceptors (Lipinski definition) is 3. The Morgan fingerprint density at radius 2 is 2.00 bits per heavy atom. The minimum absolute atomic E-state index is 0.108. The van der Waals surface area contributed by atoms with E-state index in [2.05, 4.69) is 5.32 Å². The molecule has 16 heavy (non-hydrogen) atoms. The fourth-order valence-electron chi connectivity index (χ4n) is 2.28. The zero-order valence-corrected chi connectivity index (χ0v) is 9.45. The lowest BCUT2D eigenvalue weighted by molar-refractivity contribution is 0.129. The van der Waals surface area contributed by atoms with E-state index in [0.717, 1.165) is 24.8 Å². The highest BCUT2D eigenvalue weighted by atomic mass is 16.3. The van der Waals surface area contributed by atoms with Crippen LogP contribution < -0.4 is 5.32 Å². The van der Waals surface area contributed by atoms with E-state index in [4.69, 9.17) is 5.11 Å². The van der Waals surface area contributed by atoms with Crippen LogP contribution in [0.25, 0.3) is 0 Å². The van der Waals surface area contributed by atoms with Crippen LogP contribution in [0.1, 0.15) is 31.2 Å². The quantitative estimate of drug-likeness (QED) is 0.710. The summed E-state index contributed by atoms with van der Waals surface area (Å²) in [5, 5.41) is 22.1. The van der Waals surface area contributed by atoms with Gasteiger partial charge in [-0.15, -0.1) is 0 Å². The summed E-state index contributed by atoms with van der Waals surface area (Å²) in [5.74, 6) is 0.341. The number of para-hydroxylation sites is 1. The highest BCUT2D eigenvalue weighted by Crippen LogP contribution is 2.35. The predicted molar refractivity (Wildman–Crippen MR) is 63.2 cm³/mol. The van der Waals surface area contributed by atoms with Crippen LogP contribution in [0.15, 0.2) is 24.3 Å². The molecule has 0 unspecified atom stereocenters. The standard InChI is InChI=1S/C13H19NO2/c15-9-8-13(6-3-7-13)14-10-11-4-1-2-5-12(11)16/h1-2,4-5,14-16H,3,6-10H2. The van der Waals surface area contributed by atoms with Crippen LogP contribution in [0.3, 0.4) is 0 Å². The molecular formula is C13H19NO2. The molecule has 1 aromatic carbocycles. The van der Waals surface area contributed by atoms with E-state index in [-0.39, 0.29) is 12.1 Å². The number of rotatable bonds is 5. The van der Waals surface area contributed by atoms with Gasteiger partial charge in [0.15, 0.2) is 0 Å². The molecule has 0 radical (unpaired) electrons. The average molecular weight is 221 g/mol. The number of phenols is 1. The number of hydrogen-bond donors (Lipinski definition) is 3. The normalized spacial score (nSPS) is 18.1. The SMILES string of the molecule is OCCC1(NCc2ccccc2O)CCC1. The Balaban J connectivity index is 1.93. The van der Waals surface area contributed by atoms with Gasteiger partial charge in [0.25, 0.3) is 0 Å². The molecule has 0 amide bonds. The smallest absolute Gasteiger partial charge is 0.120 e. The van der Waals surface area contributed by atoms with Gasteiger partial charge in [-0.1, -0.05) is 18.2 Å². The lowest BCUT2D eigenvalue weighted by atomic mass is 9.74. The summed E-state index contributed by atoms with van der Waals surface area (Å²) in [5.41, 5.74) is 1.03. The molecule has 0 aliphatic heterocycles. The molecule has 0 heterocycles. The van der Waals surface area contributed by atoms with Gasteiger partial charge in [0, 0.05) is 24.3 Å². The summed E-state index contributed by atoms with van der Waals surface area (Å²) in [4.78, 5) is 0. The first-order valence-electron chi connectivity index (χ1n) is 5.88. The average Bonchev–Trinajstić information content (AvgIpc) is 2.24. The molecule has 88 valence electrons. The lowest BCUT2D eigenvalue weighted by Crippen LogP contribution is -2.51. The number of nitrogens with one attached hydrogen (secondary N) is 1. The third kappa shape index (κ3) is 2.36. The molecular weight excluding hydrogens is 202 g/mol. The summed E-state index contributed by atoms with van der Waals surface area (Å²) in [6.45, 7) is 0.903. The monoisotopic (exact) mass is 221 g/mol. The third-order valence-electron chi connectivity index (χ3n) is 3.55. The second-order valence-corrected chi connectivity index (χ2v) is 4.59. The number of benzene rings is 1. The van der Waals surface area contributed by atoms with Crippen molar-refractivity contribution < 1.29 is 10.2 Å². The molecule has 3 heteroatoms. The second kappa shape index (κ2) is 4.85. The van der Waals surface area contributed by atoms with E-state index in [0.29, 0.717) is 12.3 Å². The molecule has 1 fully saturated rings. The van der Waals surface area contributed by atoms with Crippen molar-refractivity contribution in [1.82, 2.24) is 5.32 Å². The minimum Gasteiger partial charge on any atom is -0.508 e. The van der Waals surface area contributed by atoms with Gasteiger partial charge in [-0.25, -0.2) is 0 Å². The number of aromatic hydroxyl groups is 1. The molecule has 3 N–H and O–H groups in total. The zero-order chi connectivity index (χ0) is 11.4. The van der Waals surface area contributed by atoms with Crippen molar-refractivity contribution in [3.63, 3.8) is 0 Å². The summed E-state index contributed by atoms with van der Waals surface area (Å²) < 4.78 is 0. The summed E-state index contributed by atoms with van der Waals surface area (Å²) in [6, 6.07) is 7.38. The van der Waals surface area contributed by atoms with Crippen molar-refractivity contribution in [3.8, 4) is 5.75 Å². The van der Waals surface area contributed by atoms with Gasteiger partial charge in [0.1, 0.15) is 5.75 Å². The van der Waals surface area contributed by atoms with Crippen LogP contribution >= 0.6 is 0 Å². The van der Waals surface area contributed by atoms with E-state index < -0.39 is 0 Å².